The highest BCUT2D eigenvalue weighted by atomic mass is 32.2. The number of benzene rings is 2. The van der Waals surface area contributed by atoms with Crippen LogP contribution < -0.4 is 5.32 Å². The second-order valence-corrected chi connectivity index (χ2v) is 7.47. The Hall–Kier alpha value is -2.57. The van der Waals surface area contributed by atoms with Gasteiger partial charge in [-0.05, 0) is 49.2 Å². The second kappa shape index (κ2) is 8.41. The molecule has 3 aromatic rings. The third-order valence-electron chi connectivity index (χ3n) is 4.35. The van der Waals surface area contributed by atoms with Gasteiger partial charge in [0.25, 0.3) is 0 Å². The summed E-state index contributed by atoms with van der Waals surface area (Å²) in [6, 6.07) is 15.8. The van der Waals surface area contributed by atoms with Crippen molar-refractivity contribution in [3.63, 3.8) is 0 Å². The largest absolute Gasteiger partial charge is 0.508 e. The van der Waals surface area contributed by atoms with Crippen LogP contribution in [0.3, 0.4) is 0 Å². The number of nitrogens with zero attached hydrogens (tertiary/aromatic N) is 1. The molecule has 2 atom stereocenters. The molecule has 0 bridgehead atoms. The predicted octanol–water partition coefficient (Wildman–Crippen LogP) is 3.58. The fourth-order valence-electron chi connectivity index (χ4n) is 2.87. The van der Waals surface area contributed by atoms with Crippen LogP contribution in [-0.4, -0.2) is 32.9 Å². The van der Waals surface area contributed by atoms with Gasteiger partial charge >= 0.3 is 0 Å². The van der Waals surface area contributed by atoms with Crippen LogP contribution in [0.5, 0.6) is 5.75 Å². The Morgan fingerprint density at radius 3 is 2.63 bits per heavy atom. The SMILES string of the molecule is Cc1cc(SCC(=O)N[C@H](C)[C@@H](O)c2ccc(O)cc2)nc2ccccc12. The molecular formula is C21H22N2O3S. The van der Waals surface area contributed by atoms with E-state index < -0.39 is 12.1 Å². The molecule has 0 fully saturated rings. The predicted molar refractivity (Wildman–Crippen MR) is 108 cm³/mol. The number of hydrogen-bond donors (Lipinski definition) is 3. The van der Waals surface area contributed by atoms with Gasteiger partial charge in [-0.1, -0.05) is 42.1 Å². The van der Waals surface area contributed by atoms with Crippen LogP contribution in [0.1, 0.15) is 24.2 Å². The smallest absolute Gasteiger partial charge is 0.230 e. The molecule has 0 unspecified atom stereocenters. The minimum absolute atomic E-state index is 0.136. The first-order chi connectivity index (χ1) is 12.9. The molecule has 3 rings (SSSR count). The van der Waals surface area contributed by atoms with Crippen LogP contribution in [0.25, 0.3) is 10.9 Å². The number of amides is 1. The van der Waals surface area contributed by atoms with Crippen molar-refractivity contribution in [3.05, 3.63) is 65.7 Å². The summed E-state index contributed by atoms with van der Waals surface area (Å²) in [7, 11) is 0. The number of phenolic OH excluding ortho intramolecular Hbond substituents is 1. The number of aromatic hydroxyl groups is 1. The molecule has 0 spiro atoms. The number of phenols is 1. The summed E-state index contributed by atoms with van der Waals surface area (Å²) < 4.78 is 0. The Morgan fingerprint density at radius 1 is 1.19 bits per heavy atom. The zero-order valence-electron chi connectivity index (χ0n) is 15.2. The van der Waals surface area contributed by atoms with Crippen molar-refractivity contribution in [1.82, 2.24) is 10.3 Å². The van der Waals surface area contributed by atoms with E-state index in [1.54, 1.807) is 19.1 Å². The molecule has 0 aliphatic rings. The number of aryl methyl sites for hydroxylation is 1. The van der Waals surface area contributed by atoms with Crippen molar-refractivity contribution in [1.29, 1.82) is 0 Å². The van der Waals surface area contributed by atoms with Crippen molar-refractivity contribution >= 4 is 28.6 Å². The Labute approximate surface area is 162 Å². The van der Waals surface area contributed by atoms with Gasteiger partial charge < -0.3 is 15.5 Å². The number of hydrogen-bond acceptors (Lipinski definition) is 5. The summed E-state index contributed by atoms with van der Waals surface area (Å²) >= 11 is 1.37. The highest BCUT2D eigenvalue weighted by Gasteiger charge is 2.18. The maximum atomic E-state index is 12.3. The van der Waals surface area contributed by atoms with E-state index in [1.165, 1.54) is 23.9 Å². The Bertz CT molecular complexity index is 944. The normalized spacial score (nSPS) is 13.3. The first-order valence-corrected chi connectivity index (χ1v) is 9.68. The number of nitrogens with one attached hydrogen (secondary N) is 1. The molecule has 1 heterocycles. The van der Waals surface area contributed by atoms with E-state index in [9.17, 15) is 15.0 Å². The molecule has 1 aromatic heterocycles. The zero-order valence-corrected chi connectivity index (χ0v) is 16.0. The van der Waals surface area contributed by atoms with Gasteiger partial charge in [-0.2, -0.15) is 0 Å². The minimum atomic E-state index is -0.847. The number of pyridine rings is 1. The molecule has 0 radical (unpaired) electrons. The molecule has 6 heteroatoms. The number of thioether (sulfide) groups is 1. The van der Waals surface area contributed by atoms with E-state index in [-0.39, 0.29) is 17.4 Å². The lowest BCUT2D eigenvalue weighted by Crippen LogP contribution is -2.38. The summed E-state index contributed by atoms with van der Waals surface area (Å²) in [5.74, 6) is 0.187. The van der Waals surface area contributed by atoms with Gasteiger partial charge in [0.1, 0.15) is 5.75 Å². The number of rotatable bonds is 6. The third-order valence-corrected chi connectivity index (χ3v) is 5.26. The molecule has 3 N–H and O–H groups in total. The first-order valence-electron chi connectivity index (χ1n) is 8.69. The van der Waals surface area contributed by atoms with Crippen LogP contribution in [0.15, 0.2) is 59.6 Å². The highest BCUT2D eigenvalue weighted by Crippen LogP contribution is 2.24. The number of fused-ring (bicyclic) bond motifs is 1. The quantitative estimate of drug-likeness (QED) is 0.568. The minimum Gasteiger partial charge on any atom is -0.508 e. The van der Waals surface area contributed by atoms with Gasteiger partial charge in [-0.25, -0.2) is 4.98 Å². The van der Waals surface area contributed by atoms with Crippen molar-refractivity contribution in [2.75, 3.05) is 5.75 Å². The van der Waals surface area contributed by atoms with Crippen LogP contribution in [0.4, 0.5) is 0 Å². The molecule has 5 nitrogen and oxygen atoms in total. The summed E-state index contributed by atoms with van der Waals surface area (Å²) in [6.07, 6.45) is -0.847. The summed E-state index contributed by atoms with van der Waals surface area (Å²) in [6.45, 7) is 3.78. The van der Waals surface area contributed by atoms with E-state index in [0.29, 0.717) is 5.56 Å². The third kappa shape index (κ3) is 4.78. The summed E-state index contributed by atoms with van der Waals surface area (Å²) in [5, 5.41) is 24.4. The van der Waals surface area contributed by atoms with E-state index in [1.807, 2.05) is 37.3 Å². The number of aromatic nitrogens is 1. The number of carbonyl (C=O) groups excluding carboxylic acids is 1. The zero-order chi connectivity index (χ0) is 19.4. The maximum Gasteiger partial charge on any atom is 0.230 e. The van der Waals surface area contributed by atoms with E-state index >= 15 is 0 Å². The molecule has 1 amide bonds. The van der Waals surface area contributed by atoms with E-state index in [2.05, 4.69) is 10.3 Å². The standard InChI is InChI=1S/C21H22N2O3S/c1-13-11-20(23-18-6-4-3-5-17(13)18)27-12-19(25)22-14(2)21(26)15-7-9-16(24)10-8-15/h3-11,14,21,24,26H,12H2,1-2H3,(H,22,25)/t14-,21-/m1/s1. The summed E-state index contributed by atoms with van der Waals surface area (Å²) in [4.78, 5) is 16.8. The Kier molecular flexibility index (Phi) is 5.98. The topological polar surface area (TPSA) is 82.5 Å². The molecule has 2 aromatic carbocycles. The highest BCUT2D eigenvalue weighted by molar-refractivity contribution is 7.99. The van der Waals surface area contributed by atoms with E-state index in [0.717, 1.165) is 21.5 Å². The maximum absolute atomic E-state index is 12.3. The molecular weight excluding hydrogens is 360 g/mol. The van der Waals surface area contributed by atoms with Gasteiger partial charge in [-0.15, -0.1) is 0 Å². The Balaban J connectivity index is 1.58. The van der Waals surface area contributed by atoms with Crippen LogP contribution in [0, 0.1) is 6.92 Å². The van der Waals surface area contributed by atoms with Crippen molar-refractivity contribution in [3.8, 4) is 5.75 Å². The fourth-order valence-corrected chi connectivity index (χ4v) is 3.65. The molecule has 140 valence electrons. The van der Waals surface area contributed by atoms with E-state index in [4.69, 9.17) is 0 Å². The van der Waals surface area contributed by atoms with Crippen LogP contribution in [-0.2, 0) is 4.79 Å². The van der Waals surface area contributed by atoms with Gasteiger partial charge in [0.05, 0.1) is 28.4 Å². The van der Waals surface area contributed by atoms with Gasteiger partial charge in [0.2, 0.25) is 5.91 Å². The average molecular weight is 382 g/mol. The molecule has 0 saturated heterocycles. The Morgan fingerprint density at radius 2 is 1.89 bits per heavy atom. The van der Waals surface area contributed by atoms with Gasteiger partial charge in [0.15, 0.2) is 0 Å². The number of carbonyl (C=O) groups is 1. The van der Waals surface area contributed by atoms with Gasteiger partial charge in [-0.3, -0.25) is 4.79 Å². The number of para-hydroxylation sites is 1. The van der Waals surface area contributed by atoms with Gasteiger partial charge in [0, 0.05) is 5.39 Å². The molecule has 27 heavy (non-hydrogen) atoms. The number of aliphatic hydroxyl groups excluding tert-OH is 1. The fraction of sp³-hybridized carbons (Fsp3) is 0.238. The monoisotopic (exact) mass is 382 g/mol. The first kappa shape index (κ1) is 19.2. The van der Waals surface area contributed by atoms with Crippen LogP contribution in [0.2, 0.25) is 0 Å². The molecule has 0 saturated carbocycles. The lowest BCUT2D eigenvalue weighted by Gasteiger charge is -2.20. The van der Waals surface area contributed by atoms with Crippen molar-refractivity contribution < 1.29 is 15.0 Å². The number of aliphatic hydroxyl groups is 1. The van der Waals surface area contributed by atoms with Crippen LogP contribution >= 0.6 is 11.8 Å². The van der Waals surface area contributed by atoms with Crippen molar-refractivity contribution in [2.24, 2.45) is 0 Å². The van der Waals surface area contributed by atoms with Crippen molar-refractivity contribution in [2.45, 2.75) is 31.0 Å². The molecule has 0 aliphatic heterocycles. The second-order valence-electron chi connectivity index (χ2n) is 6.48. The summed E-state index contributed by atoms with van der Waals surface area (Å²) in [5.41, 5.74) is 2.68. The molecule has 0 aliphatic carbocycles. The lowest BCUT2D eigenvalue weighted by molar-refractivity contribution is -0.119. The lowest BCUT2D eigenvalue weighted by atomic mass is 10.0. The average Bonchev–Trinajstić information content (AvgIpc) is 2.66.